The Kier molecular flexibility index (Phi) is 4.41. The first-order valence-corrected chi connectivity index (χ1v) is 10.6. The second-order valence-electron chi connectivity index (χ2n) is 7.44. The van der Waals surface area contributed by atoms with Crippen LogP contribution in [-0.4, -0.2) is 0 Å². The van der Waals surface area contributed by atoms with E-state index < -0.39 is 0 Å². The van der Waals surface area contributed by atoms with E-state index in [2.05, 4.69) is 119 Å². The molecule has 0 amide bonds. The summed E-state index contributed by atoms with van der Waals surface area (Å²) in [5, 5.41) is 0. The third-order valence-electron chi connectivity index (χ3n) is 5.99. The molecule has 1 heteroatoms. The number of rotatable bonds is 2. The van der Waals surface area contributed by atoms with E-state index in [9.17, 15) is 0 Å². The highest BCUT2D eigenvalue weighted by molar-refractivity contribution is 9.10. The zero-order valence-corrected chi connectivity index (χ0v) is 17.2. The van der Waals surface area contributed by atoms with Crippen molar-refractivity contribution in [3.8, 4) is 0 Å². The number of aryl methyl sites for hydroxylation is 2. The molecular formula is C27H21Br. The number of hydrogen-bond donors (Lipinski definition) is 0. The van der Waals surface area contributed by atoms with Crippen molar-refractivity contribution in [3.05, 3.63) is 141 Å². The van der Waals surface area contributed by atoms with E-state index >= 15 is 0 Å². The quantitative estimate of drug-likeness (QED) is 0.327. The van der Waals surface area contributed by atoms with Gasteiger partial charge in [-0.2, -0.15) is 0 Å². The highest BCUT2D eigenvalue weighted by Crippen LogP contribution is 2.49. The molecule has 0 nitrogen and oxygen atoms in total. The maximum atomic E-state index is 3.62. The van der Waals surface area contributed by atoms with Crippen LogP contribution in [0.3, 0.4) is 0 Å². The second kappa shape index (κ2) is 7.07. The van der Waals surface area contributed by atoms with Gasteiger partial charge >= 0.3 is 0 Å². The molecule has 28 heavy (non-hydrogen) atoms. The first kappa shape index (κ1) is 17.5. The van der Waals surface area contributed by atoms with Gasteiger partial charge in [-0.1, -0.05) is 107 Å². The molecule has 0 aromatic heterocycles. The number of benzene rings is 4. The lowest BCUT2D eigenvalue weighted by atomic mass is 9.64. The molecule has 5 rings (SSSR count). The number of halogens is 1. The van der Waals surface area contributed by atoms with Crippen LogP contribution in [0.4, 0.5) is 0 Å². The molecule has 0 saturated heterocycles. The van der Waals surface area contributed by atoms with E-state index in [1.165, 1.54) is 33.4 Å². The van der Waals surface area contributed by atoms with Crippen molar-refractivity contribution in [1.29, 1.82) is 0 Å². The minimum Gasteiger partial charge on any atom is -0.0622 e. The van der Waals surface area contributed by atoms with Gasteiger partial charge in [0.1, 0.15) is 0 Å². The Bertz CT molecular complexity index is 1060. The fourth-order valence-corrected chi connectivity index (χ4v) is 5.06. The minimum atomic E-state index is -0.314. The maximum absolute atomic E-state index is 3.62. The summed E-state index contributed by atoms with van der Waals surface area (Å²) in [7, 11) is 0. The third-order valence-corrected chi connectivity index (χ3v) is 6.52. The largest absolute Gasteiger partial charge is 0.0706 e. The Labute approximate surface area is 175 Å². The average Bonchev–Trinajstić information content (AvgIpc) is 2.90. The summed E-state index contributed by atoms with van der Waals surface area (Å²) in [6, 6.07) is 37.8. The molecule has 4 aromatic rings. The first-order chi connectivity index (χ1) is 13.8. The molecule has 0 aliphatic heterocycles. The smallest absolute Gasteiger partial charge is 0.0622 e. The van der Waals surface area contributed by atoms with Gasteiger partial charge in [0, 0.05) is 4.47 Å². The van der Waals surface area contributed by atoms with Crippen LogP contribution in [0, 0.1) is 0 Å². The molecule has 0 heterocycles. The predicted molar refractivity (Wildman–Crippen MR) is 120 cm³/mol. The van der Waals surface area contributed by atoms with E-state index in [1.54, 1.807) is 0 Å². The fourth-order valence-electron chi connectivity index (χ4n) is 4.80. The molecule has 0 bridgehead atoms. The normalized spacial score (nSPS) is 14.6. The van der Waals surface area contributed by atoms with Crippen LogP contribution in [0.15, 0.2) is 108 Å². The predicted octanol–water partition coefficient (Wildman–Crippen LogP) is 6.93. The Morgan fingerprint density at radius 2 is 0.964 bits per heavy atom. The SMILES string of the molecule is Brc1ccc(C2(c3ccccc3)c3ccccc3CCc3ccccc32)cc1. The Hall–Kier alpha value is -2.64. The zero-order chi connectivity index (χ0) is 19.0. The van der Waals surface area contributed by atoms with Gasteiger partial charge in [-0.3, -0.25) is 0 Å². The van der Waals surface area contributed by atoms with Crippen LogP contribution in [0.2, 0.25) is 0 Å². The summed E-state index contributed by atoms with van der Waals surface area (Å²) < 4.78 is 1.11. The molecule has 0 unspecified atom stereocenters. The van der Waals surface area contributed by atoms with Gasteiger partial charge in [0.05, 0.1) is 5.41 Å². The molecule has 136 valence electrons. The fraction of sp³-hybridized carbons (Fsp3) is 0.111. The molecule has 0 spiro atoms. The average molecular weight is 425 g/mol. The Morgan fingerprint density at radius 1 is 0.500 bits per heavy atom. The van der Waals surface area contributed by atoms with E-state index in [0.29, 0.717) is 0 Å². The van der Waals surface area contributed by atoms with E-state index in [-0.39, 0.29) is 5.41 Å². The van der Waals surface area contributed by atoms with Crippen LogP contribution in [-0.2, 0) is 18.3 Å². The van der Waals surface area contributed by atoms with Gasteiger partial charge in [0.2, 0.25) is 0 Å². The van der Waals surface area contributed by atoms with Crippen molar-refractivity contribution < 1.29 is 0 Å². The molecule has 4 aromatic carbocycles. The second-order valence-corrected chi connectivity index (χ2v) is 8.35. The molecule has 0 saturated carbocycles. The van der Waals surface area contributed by atoms with E-state index in [1.807, 2.05) is 0 Å². The van der Waals surface area contributed by atoms with Gasteiger partial charge in [-0.05, 0) is 58.4 Å². The maximum Gasteiger partial charge on any atom is 0.0706 e. The van der Waals surface area contributed by atoms with Crippen molar-refractivity contribution in [1.82, 2.24) is 0 Å². The Morgan fingerprint density at radius 3 is 1.54 bits per heavy atom. The van der Waals surface area contributed by atoms with Gasteiger partial charge < -0.3 is 0 Å². The summed E-state index contributed by atoms with van der Waals surface area (Å²) in [6.07, 6.45) is 2.14. The van der Waals surface area contributed by atoms with Gasteiger partial charge in [0.15, 0.2) is 0 Å². The molecule has 1 aliphatic rings. The summed E-state index contributed by atoms with van der Waals surface area (Å²) in [6.45, 7) is 0. The molecule has 0 N–H and O–H groups in total. The topological polar surface area (TPSA) is 0 Å². The van der Waals surface area contributed by atoms with Crippen LogP contribution in [0.25, 0.3) is 0 Å². The summed E-state index contributed by atoms with van der Waals surface area (Å²) in [5.74, 6) is 0. The minimum absolute atomic E-state index is 0.314. The van der Waals surface area contributed by atoms with Crippen molar-refractivity contribution in [2.75, 3.05) is 0 Å². The molecular weight excluding hydrogens is 404 g/mol. The van der Waals surface area contributed by atoms with Gasteiger partial charge in [-0.25, -0.2) is 0 Å². The standard InChI is InChI=1S/C27H21Br/c28-24-18-16-23(17-19-24)27(22-10-2-1-3-11-22)25-12-6-4-8-20(25)14-15-21-9-5-7-13-26(21)27/h1-13,16-19H,14-15H2. The van der Waals surface area contributed by atoms with Crippen molar-refractivity contribution in [2.24, 2.45) is 0 Å². The summed E-state index contributed by atoms with van der Waals surface area (Å²) >= 11 is 3.62. The van der Waals surface area contributed by atoms with Crippen molar-refractivity contribution >= 4 is 15.9 Å². The summed E-state index contributed by atoms with van der Waals surface area (Å²) in [4.78, 5) is 0. The Balaban J connectivity index is 1.97. The highest BCUT2D eigenvalue weighted by Gasteiger charge is 2.42. The van der Waals surface area contributed by atoms with Crippen LogP contribution >= 0.6 is 15.9 Å². The molecule has 0 atom stereocenters. The lowest BCUT2D eigenvalue weighted by Crippen LogP contribution is -2.32. The first-order valence-electron chi connectivity index (χ1n) is 9.78. The van der Waals surface area contributed by atoms with Gasteiger partial charge in [-0.15, -0.1) is 0 Å². The van der Waals surface area contributed by atoms with Gasteiger partial charge in [0.25, 0.3) is 0 Å². The molecule has 0 fully saturated rings. The van der Waals surface area contributed by atoms with Crippen molar-refractivity contribution in [3.63, 3.8) is 0 Å². The molecule has 1 aliphatic carbocycles. The monoisotopic (exact) mass is 424 g/mol. The number of fused-ring (bicyclic) bond motifs is 2. The number of hydrogen-bond acceptors (Lipinski definition) is 0. The third kappa shape index (κ3) is 2.65. The van der Waals surface area contributed by atoms with Crippen LogP contribution < -0.4 is 0 Å². The summed E-state index contributed by atoms with van der Waals surface area (Å²) in [5.41, 5.74) is 7.98. The van der Waals surface area contributed by atoms with E-state index in [4.69, 9.17) is 0 Å². The molecule has 0 radical (unpaired) electrons. The lowest BCUT2D eigenvalue weighted by Gasteiger charge is -2.38. The van der Waals surface area contributed by atoms with Crippen LogP contribution in [0.1, 0.15) is 33.4 Å². The highest BCUT2D eigenvalue weighted by atomic mass is 79.9. The zero-order valence-electron chi connectivity index (χ0n) is 15.6. The van der Waals surface area contributed by atoms with E-state index in [0.717, 1.165) is 17.3 Å². The van der Waals surface area contributed by atoms with Crippen molar-refractivity contribution in [2.45, 2.75) is 18.3 Å². The van der Waals surface area contributed by atoms with Crippen LogP contribution in [0.5, 0.6) is 0 Å². The lowest BCUT2D eigenvalue weighted by molar-refractivity contribution is 0.739.